The first kappa shape index (κ1) is 19.7. The summed E-state index contributed by atoms with van der Waals surface area (Å²) in [4.78, 5) is 25.7. The number of nitrogens with one attached hydrogen (secondary N) is 2. The molecule has 6 nitrogen and oxygen atoms in total. The lowest BCUT2D eigenvalue weighted by Crippen LogP contribution is -2.46. The highest BCUT2D eigenvalue weighted by Gasteiger charge is 2.30. The summed E-state index contributed by atoms with van der Waals surface area (Å²) in [5.41, 5.74) is -0.475. The number of nitrogens with zero attached hydrogens (tertiary/aromatic N) is 1. The molecular weight excluding hydrogens is 294 g/mol. The van der Waals surface area contributed by atoms with Gasteiger partial charge in [-0.3, -0.25) is 4.79 Å². The minimum absolute atomic E-state index is 0.0262. The molecule has 0 saturated carbocycles. The van der Waals surface area contributed by atoms with Crippen LogP contribution in [0.25, 0.3) is 0 Å². The summed E-state index contributed by atoms with van der Waals surface area (Å²) in [6, 6.07) is 0.333. The van der Waals surface area contributed by atoms with Gasteiger partial charge in [0.15, 0.2) is 0 Å². The molecule has 1 fully saturated rings. The Morgan fingerprint density at radius 3 is 2.57 bits per heavy atom. The van der Waals surface area contributed by atoms with Crippen LogP contribution in [0.5, 0.6) is 0 Å². The second-order valence-corrected chi connectivity index (χ2v) is 7.37. The van der Waals surface area contributed by atoms with Gasteiger partial charge in [-0.15, -0.1) is 0 Å². The molecular formula is C17H33N3O3. The molecule has 134 valence electrons. The van der Waals surface area contributed by atoms with E-state index in [1.807, 2.05) is 25.7 Å². The molecule has 0 bridgehead atoms. The van der Waals surface area contributed by atoms with Crippen LogP contribution in [-0.2, 0) is 9.53 Å². The molecule has 0 aromatic heterocycles. The summed E-state index contributed by atoms with van der Waals surface area (Å²) in [6.45, 7) is 8.79. The quantitative estimate of drug-likeness (QED) is 0.813. The number of amides is 2. The third-order valence-corrected chi connectivity index (χ3v) is 4.02. The summed E-state index contributed by atoms with van der Waals surface area (Å²) >= 11 is 0. The lowest BCUT2D eigenvalue weighted by Gasteiger charge is -2.33. The van der Waals surface area contributed by atoms with E-state index in [0.29, 0.717) is 6.54 Å². The van der Waals surface area contributed by atoms with Crippen LogP contribution in [0.4, 0.5) is 4.79 Å². The maximum Gasteiger partial charge on any atom is 0.410 e. The molecule has 6 heteroatoms. The van der Waals surface area contributed by atoms with E-state index in [0.717, 1.165) is 38.6 Å². The van der Waals surface area contributed by atoms with Gasteiger partial charge in [0.2, 0.25) is 5.91 Å². The van der Waals surface area contributed by atoms with E-state index in [9.17, 15) is 9.59 Å². The first-order valence-electron chi connectivity index (χ1n) is 8.66. The zero-order valence-corrected chi connectivity index (χ0v) is 15.3. The van der Waals surface area contributed by atoms with Gasteiger partial charge < -0.3 is 20.3 Å². The van der Waals surface area contributed by atoms with Gasteiger partial charge in [0.05, 0.1) is 6.54 Å². The zero-order chi connectivity index (χ0) is 17.5. The van der Waals surface area contributed by atoms with Gasteiger partial charge in [-0.25, -0.2) is 4.79 Å². The van der Waals surface area contributed by atoms with Crippen LogP contribution in [0.2, 0.25) is 0 Å². The van der Waals surface area contributed by atoms with Gasteiger partial charge in [-0.2, -0.15) is 0 Å². The van der Waals surface area contributed by atoms with Crippen molar-refractivity contribution >= 4 is 12.0 Å². The number of hydrogen-bond donors (Lipinski definition) is 2. The van der Waals surface area contributed by atoms with Gasteiger partial charge in [0.25, 0.3) is 0 Å². The molecule has 1 rings (SSSR count). The second-order valence-electron chi connectivity index (χ2n) is 7.37. The predicted molar refractivity (Wildman–Crippen MR) is 91.3 cm³/mol. The lowest BCUT2D eigenvalue weighted by atomic mass is 10.0. The van der Waals surface area contributed by atoms with Crippen molar-refractivity contribution in [2.24, 2.45) is 0 Å². The van der Waals surface area contributed by atoms with Gasteiger partial charge in [-0.05, 0) is 47.0 Å². The Bertz CT molecular complexity index is 393. The Labute approximate surface area is 140 Å². The standard InChI is InChI=1S/C17H33N3O3/c1-13(19-12-15(21)18-5)11-14-9-7-6-8-10-20(14)16(22)23-17(2,3)4/h13-14,19H,6-12H2,1-5H3,(H,18,21). The van der Waals surface area contributed by atoms with E-state index in [1.54, 1.807) is 7.05 Å². The third-order valence-electron chi connectivity index (χ3n) is 4.02. The number of carbonyl (C=O) groups excluding carboxylic acids is 2. The largest absolute Gasteiger partial charge is 0.444 e. The van der Waals surface area contributed by atoms with Crippen molar-refractivity contribution in [3.8, 4) is 0 Å². The van der Waals surface area contributed by atoms with Crippen molar-refractivity contribution in [3.05, 3.63) is 0 Å². The Morgan fingerprint density at radius 1 is 1.26 bits per heavy atom. The highest BCUT2D eigenvalue weighted by Crippen LogP contribution is 2.23. The zero-order valence-electron chi connectivity index (χ0n) is 15.3. The van der Waals surface area contributed by atoms with Gasteiger partial charge in [-0.1, -0.05) is 12.8 Å². The second kappa shape index (κ2) is 9.11. The van der Waals surface area contributed by atoms with Crippen LogP contribution in [0.3, 0.4) is 0 Å². The van der Waals surface area contributed by atoms with Crippen molar-refractivity contribution in [1.29, 1.82) is 0 Å². The number of likely N-dealkylation sites (N-methyl/N-ethyl adjacent to an activating group) is 1. The van der Waals surface area contributed by atoms with E-state index in [1.165, 1.54) is 0 Å². The smallest absolute Gasteiger partial charge is 0.410 e. The van der Waals surface area contributed by atoms with Crippen molar-refractivity contribution in [2.75, 3.05) is 20.1 Å². The minimum atomic E-state index is -0.475. The number of ether oxygens (including phenoxy) is 1. The summed E-state index contributed by atoms with van der Waals surface area (Å²) in [5.74, 6) is -0.0262. The van der Waals surface area contributed by atoms with Crippen molar-refractivity contribution < 1.29 is 14.3 Å². The van der Waals surface area contributed by atoms with E-state index in [-0.39, 0.29) is 24.1 Å². The first-order valence-corrected chi connectivity index (χ1v) is 8.66. The van der Waals surface area contributed by atoms with E-state index >= 15 is 0 Å². The molecule has 2 amide bonds. The average molecular weight is 327 g/mol. The van der Waals surface area contributed by atoms with E-state index in [4.69, 9.17) is 4.74 Å². The average Bonchev–Trinajstić information content (AvgIpc) is 2.68. The molecule has 2 atom stereocenters. The topological polar surface area (TPSA) is 70.7 Å². The highest BCUT2D eigenvalue weighted by atomic mass is 16.6. The van der Waals surface area contributed by atoms with Crippen LogP contribution in [0, 0.1) is 0 Å². The minimum Gasteiger partial charge on any atom is -0.444 e. The Kier molecular flexibility index (Phi) is 7.82. The van der Waals surface area contributed by atoms with Gasteiger partial charge in [0, 0.05) is 25.7 Å². The van der Waals surface area contributed by atoms with Crippen LogP contribution in [-0.4, -0.2) is 54.7 Å². The molecule has 0 aromatic carbocycles. The summed E-state index contributed by atoms with van der Waals surface area (Å²) in [6.07, 6.45) is 4.90. The Morgan fingerprint density at radius 2 is 1.96 bits per heavy atom. The van der Waals surface area contributed by atoms with E-state index in [2.05, 4.69) is 17.6 Å². The molecule has 0 radical (unpaired) electrons. The maximum atomic E-state index is 12.5. The van der Waals surface area contributed by atoms with Crippen molar-refractivity contribution in [1.82, 2.24) is 15.5 Å². The molecule has 23 heavy (non-hydrogen) atoms. The summed E-state index contributed by atoms with van der Waals surface area (Å²) in [5, 5.41) is 5.82. The fourth-order valence-electron chi connectivity index (χ4n) is 2.83. The first-order chi connectivity index (χ1) is 10.7. The molecule has 2 N–H and O–H groups in total. The number of carbonyl (C=O) groups is 2. The molecule has 0 spiro atoms. The number of likely N-dealkylation sites (tertiary alicyclic amines) is 1. The molecule has 0 aliphatic carbocycles. The molecule has 1 saturated heterocycles. The number of rotatable bonds is 5. The summed E-state index contributed by atoms with van der Waals surface area (Å²) in [7, 11) is 1.63. The SMILES string of the molecule is CNC(=O)CNC(C)CC1CCCCCN1C(=O)OC(C)(C)C. The highest BCUT2D eigenvalue weighted by molar-refractivity contribution is 5.77. The Balaban J connectivity index is 2.63. The molecule has 0 aromatic rings. The Hall–Kier alpha value is -1.30. The van der Waals surface area contributed by atoms with Gasteiger partial charge >= 0.3 is 6.09 Å². The summed E-state index contributed by atoms with van der Waals surface area (Å²) < 4.78 is 5.56. The fourth-order valence-corrected chi connectivity index (χ4v) is 2.83. The maximum absolute atomic E-state index is 12.5. The van der Waals surface area contributed by atoms with Crippen LogP contribution < -0.4 is 10.6 Å². The monoisotopic (exact) mass is 327 g/mol. The van der Waals surface area contributed by atoms with Crippen molar-refractivity contribution in [2.45, 2.75) is 77.5 Å². The third kappa shape index (κ3) is 7.68. The molecule has 1 heterocycles. The molecule has 1 aliphatic rings. The fraction of sp³-hybridized carbons (Fsp3) is 0.882. The van der Waals surface area contributed by atoms with Crippen LogP contribution >= 0.6 is 0 Å². The van der Waals surface area contributed by atoms with E-state index < -0.39 is 5.60 Å². The van der Waals surface area contributed by atoms with Crippen molar-refractivity contribution in [3.63, 3.8) is 0 Å². The predicted octanol–water partition coefficient (Wildman–Crippen LogP) is 2.28. The normalized spacial score (nSPS) is 20.6. The van der Waals surface area contributed by atoms with Gasteiger partial charge in [0.1, 0.15) is 5.60 Å². The lowest BCUT2D eigenvalue weighted by molar-refractivity contribution is -0.119. The molecule has 2 unspecified atom stereocenters. The number of hydrogen-bond acceptors (Lipinski definition) is 4. The van der Waals surface area contributed by atoms with Crippen LogP contribution in [0.1, 0.15) is 59.8 Å². The molecule has 1 aliphatic heterocycles. The van der Waals surface area contributed by atoms with Crippen LogP contribution in [0.15, 0.2) is 0 Å².